The van der Waals surface area contributed by atoms with Gasteiger partial charge in [0.2, 0.25) is 10.0 Å². The number of nitrogens with zero attached hydrogens (tertiary/aromatic N) is 7. The molecule has 4 rings (SSSR count). The molecule has 0 N–H and O–H groups in total. The Morgan fingerprint density at radius 3 is 2.41 bits per heavy atom. The standard InChI is InChI=1S/C21H29N7O3S/c1-4-32(30,31)28-11-9-27(10-12-28)20(29)17-13-23-19-16(14-24-25(19)3)18(17)26-7-5-21(2,15-22)6-8-26/h13-14H,4-12H2,1-3H3. The molecule has 1 amide bonds. The number of amides is 1. The van der Waals surface area contributed by atoms with Gasteiger partial charge in [-0.3, -0.25) is 9.48 Å². The lowest BCUT2D eigenvalue weighted by atomic mass is 9.81. The molecule has 32 heavy (non-hydrogen) atoms. The Morgan fingerprint density at radius 2 is 1.81 bits per heavy atom. The van der Waals surface area contributed by atoms with Crippen molar-refractivity contribution in [2.24, 2.45) is 12.5 Å². The highest BCUT2D eigenvalue weighted by Gasteiger charge is 2.34. The number of hydrogen-bond donors (Lipinski definition) is 0. The van der Waals surface area contributed by atoms with Crippen LogP contribution in [0.15, 0.2) is 12.4 Å². The number of aromatic nitrogens is 3. The average molecular weight is 460 g/mol. The fourth-order valence-corrected chi connectivity index (χ4v) is 5.52. The zero-order valence-corrected chi connectivity index (χ0v) is 19.6. The van der Waals surface area contributed by atoms with Crippen LogP contribution in [0.1, 0.15) is 37.0 Å². The highest BCUT2D eigenvalue weighted by atomic mass is 32.2. The van der Waals surface area contributed by atoms with Crippen LogP contribution in [0.3, 0.4) is 0 Å². The minimum atomic E-state index is -3.26. The van der Waals surface area contributed by atoms with E-state index in [2.05, 4.69) is 21.1 Å². The highest BCUT2D eigenvalue weighted by Crippen LogP contribution is 2.37. The third kappa shape index (κ3) is 3.93. The number of nitriles is 1. The molecule has 0 bridgehead atoms. The van der Waals surface area contributed by atoms with Crippen molar-refractivity contribution in [1.29, 1.82) is 5.26 Å². The summed E-state index contributed by atoms with van der Waals surface area (Å²) in [4.78, 5) is 21.9. The minimum absolute atomic E-state index is 0.0588. The number of carbonyl (C=O) groups is 1. The third-order valence-corrected chi connectivity index (χ3v) is 8.58. The van der Waals surface area contributed by atoms with Gasteiger partial charge in [-0.1, -0.05) is 0 Å². The first-order valence-corrected chi connectivity index (χ1v) is 12.5. The van der Waals surface area contributed by atoms with E-state index in [9.17, 15) is 18.5 Å². The quantitative estimate of drug-likeness (QED) is 0.675. The Morgan fingerprint density at radius 1 is 1.16 bits per heavy atom. The number of carbonyl (C=O) groups excluding carboxylic acids is 1. The largest absolute Gasteiger partial charge is 0.370 e. The van der Waals surface area contributed by atoms with Crippen molar-refractivity contribution < 1.29 is 13.2 Å². The first kappa shape index (κ1) is 22.5. The van der Waals surface area contributed by atoms with Gasteiger partial charge in [-0.25, -0.2) is 13.4 Å². The van der Waals surface area contributed by atoms with Crippen molar-refractivity contribution >= 4 is 32.7 Å². The number of fused-ring (bicyclic) bond motifs is 1. The number of anilines is 1. The van der Waals surface area contributed by atoms with E-state index in [-0.39, 0.29) is 17.1 Å². The van der Waals surface area contributed by atoms with Crippen LogP contribution in [0.25, 0.3) is 11.0 Å². The molecule has 0 saturated carbocycles. The molecule has 2 aliphatic rings. The van der Waals surface area contributed by atoms with E-state index < -0.39 is 10.0 Å². The number of piperazine rings is 1. The summed E-state index contributed by atoms with van der Waals surface area (Å²) in [7, 11) is -1.45. The van der Waals surface area contributed by atoms with Crippen LogP contribution >= 0.6 is 0 Å². The maximum Gasteiger partial charge on any atom is 0.257 e. The monoisotopic (exact) mass is 459 g/mol. The Kier molecular flexibility index (Phi) is 5.85. The Bertz CT molecular complexity index is 1170. The maximum absolute atomic E-state index is 13.5. The van der Waals surface area contributed by atoms with Crippen LogP contribution < -0.4 is 4.90 Å². The molecule has 172 valence electrons. The van der Waals surface area contributed by atoms with Gasteiger partial charge < -0.3 is 9.80 Å². The van der Waals surface area contributed by atoms with Crippen molar-refractivity contribution in [1.82, 2.24) is 24.0 Å². The van der Waals surface area contributed by atoms with Crippen LogP contribution in [-0.2, 0) is 17.1 Å². The predicted molar refractivity (Wildman–Crippen MR) is 121 cm³/mol. The first-order valence-electron chi connectivity index (χ1n) is 10.9. The highest BCUT2D eigenvalue weighted by molar-refractivity contribution is 7.89. The van der Waals surface area contributed by atoms with E-state index in [1.54, 1.807) is 28.9 Å². The van der Waals surface area contributed by atoms with Crippen LogP contribution in [0.4, 0.5) is 5.69 Å². The van der Waals surface area contributed by atoms with Gasteiger partial charge in [0, 0.05) is 52.5 Å². The second-order valence-electron chi connectivity index (χ2n) is 8.78. The molecule has 2 saturated heterocycles. The molecule has 2 aromatic heterocycles. The molecule has 2 aliphatic heterocycles. The van der Waals surface area contributed by atoms with Crippen molar-refractivity contribution in [3.8, 4) is 6.07 Å². The fraction of sp³-hybridized carbons (Fsp3) is 0.619. The number of sulfonamides is 1. The van der Waals surface area contributed by atoms with Gasteiger partial charge >= 0.3 is 0 Å². The lowest BCUT2D eigenvalue weighted by Crippen LogP contribution is -2.51. The molecular weight excluding hydrogens is 430 g/mol. The lowest BCUT2D eigenvalue weighted by molar-refractivity contribution is 0.0698. The normalized spacial score (nSPS) is 19.8. The number of hydrogen-bond acceptors (Lipinski definition) is 7. The summed E-state index contributed by atoms with van der Waals surface area (Å²) in [6.07, 6.45) is 4.77. The summed E-state index contributed by atoms with van der Waals surface area (Å²) in [6.45, 7) is 6.22. The third-order valence-electron chi connectivity index (χ3n) is 6.70. The second-order valence-corrected chi connectivity index (χ2v) is 11.0. The van der Waals surface area contributed by atoms with E-state index in [0.717, 1.165) is 23.9 Å². The van der Waals surface area contributed by atoms with Crippen LogP contribution in [-0.4, -0.2) is 83.3 Å². The smallest absolute Gasteiger partial charge is 0.257 e. The van der Waals surface area contributed by atoms with Crippen molar-refractivity contribution in [2.75, 3.05) is 49.9 Å². The summed E-state index contributed by atoms with van der Waals surface area (Å²) < 4.78 is 27.5. The van der Waals surface area contributed by atoms with Crippen LogP contribution in [0.2, 0.25) is 0 Å². The zero-order valence-electron chi connectivity index (χ0n) is 18.8. The summed E-state index contributed by atoms with van der Waals surface area (Å²) in [5.74, 6) is -0.0936. The van der Waals surface area contributed by atoms with Crippen LogP contribution in [0, 0.1) is 16.7 Å². The maximum atomic E-state index is 13.5. The number of aryl methyl sites for hydroxylation is 1. The van der Waals surface area contributed by atoms with Crippen LogP contribution in [0.5, 0.6) is 0 Å². The lowest BCUT2D eigenvalue weighted by Gasteiger charge is -2.38. The number of pyridine rings is 1. The molecule has 0 aliphatic carbocycles. The molecule has 10 nitrogen and oxygen atoms in total. The topological polar surface area (TPSA) is 115 Å². The summed E-state index contributed by atoms with van der Waals surface area (Å²) in [5.41, 5.74) is 1.64. The van der Waals surface area contributed by atoms with E-state index in [4.69, 9.17) is 0 Å². The van der Waals surface area contributed by atoms with Gasteiger partial charge in [0.25, 0.3) is 5.91 Å². The zero-order chi connectivity index (χ0) is 23.1. The van der Waals surface area contributed by atoms with Gasteiger partial charge in [-0.05, 0) is 26.7 Å². The summed E-state index contributed by atoms with van der Waals surface area (Å²) in [6, 6.07) is 2.42. The molecular formula is C21H29N7O3S. The van der Waals surface area contributed by atoms with E-state index in [1.165, 1.54) is 4.31 Å². The van der Waals surface area contributed by atoms with Crippen molar-refractivity contribution in [3.05, 3.63) is 18.0 Å². The van der Waals surface area contributed by atoms with Crippen molar-refractivity contribution in [2.45, 2.75) is 26.7 Å². The van der Waals surface area contributed by atoms with Crippen molar-refractivity contribution in [3.63, 3.8) is 0 Å². The Balaban J connectivity index is 1.64. The molecule has 11 heteroatoms. The van der Waals surface area contributed by atoms with Gasteiger partial charge in [0.05, 0.1) is 40.1 Å². The molecule has 2 aromatic rings. The molecule has 0 spiro atoms. The molecule has 2 fully saturated rings. The molecule has 0 unspecified atom stereocenters. The summed E-state index contributed by atoms with van der Waals surface area (Å²) in [5, 5.41) is 14.6. The minimum Gasteiger partial charge on any atom is -0.370 e. The fourth-order valence-electron chi connectivity index (χ4n) is 4.44. The van der Waals surface area contributed by atoms with Gasteiger partial charge in [0.15, 0.2) is 5.65 Å². The number of piperidine rings is 1. The van der Waals surface area contributed by atoms with Gasteiger partial charge in [0.1, 0.15) is 0 Å². The Hall–Kier alpha value is -2.71. The molecule has 0 radical (unpaired) electrons. The first-order chi connectivity index (χ1) is 15.2. The van der Waals surface area contributed by atoms with E-state index >= 15 is 0 Å². The summed E-state index contributed by atoms with van der Waals surface area (Å²) >= 11 is 0. The Labute approximate surface area is 188 Å². The average Bonchev–Trinajstić information content (AvgIpc) is 3.19. The van der Waals surface area contributed by atoms with Gasteiger partial charge in [-0.2, -0.15) is 14.7 Å². The molecule has 0 atom stereocenters. The second kappa shape index (κ2) is 8.33. The van der Waals surface area contributed by atoms with E-state index in [1.807, 2.05) is 14.0 Å². The predicted octanol–water partition coefficient (Wildman–Crippen LogP) is 1.21. The van der Waals surface area contributed by atoms with E-state index in [0.29, 0.717) is 50.5 Å². The SMILES string of the molecule is CCS(=O)(=O)N1CCN(C(=O)c2cnc3c(cnn3C)c2N2CCC(C)(C#N)CC2)CC1. The van der Waals surface area contributed by atoms with Gasteiger partial charge in [-0.15, -0.1) is 0 Å². The molecule has 4 heterocycles. The number of rotatable bonds is 4. The molecule has 0 aromatic carbocycles.